The number of guanidine groups is 1. The maximum absolute atomic E-state index is 14.2. The van der Waals surface area contributed by atoms with Gasteiger partial charge < -0.3 is 50.6 Å². The molecule has 0 saturated heterocycles. The number of cyclic esters (lactones) is 1. The van der Waals surface area contributed by atoms with E-state index in [-0.39, 0.29) is 67.6 Å². The molecule has 346 valence electrons. The Morgan fingerprint density at radius 2 is 1.77 bits per heavy atom. The molecule has 65 heavy (non-hydrogen) atoms. The lowest BCUT2D eigenvalue weighted by atomic mass is 9.85. The largest absolute Gasteiger partial charge is 0.510 e. The summed E-state index contributed by atoms with van der Waals surface area (Å²) in [6.45, 7) is 15.0. The van der Waals surface area contributed by atoms with Gasteiger partial charge in [-0.2, -0.15) is 0 Å². The van der Waals surface area contributed by atoms with E-state index in [9.17, 15) is 24.0 Å². The van der Waals surface area contributed by atoms with Gasteiger partial charge in [0.25, 0.3) is 5.56 Å². The molecule has 0 aliphatic carbocycles. The van der Waals surface area contributed by atoms with Gasteiger partial charge in [-0.05, 0) is 75.8 Å². The van der Waals surface area contributed by atoms with Crippen molar-refractivity contribution in [2.75, 3.05) is 11.9 Å². The van der Waals surface area contributed by atoms with Crippen LogP contribution in [0.15, 0.2) is 64.5 Å². The number of carbonyl (C=O) groups excluding carboxylic acids is 4. The summed E-state index contributed by atoms with van der Waals surface area (Å²) in [4.78, 5) is 78.8. The predicted molar refractivity (Wildman–Crippen MR) is 245 cm³/mol. The molecule has 2 amide bonds. The van der Waals surface area contributed by atoms with E-state index in [1.54, 1.807) is 48.0 Å². The van der Waals surface area contributed by atoms with E-state index in [2.05, 4.69) is 26.4 Å². The normalized spacial score (nSPS) is 16.3. The van der Waals surface area contributed by atoms with Crippen LogP contribution in [0.25, 0.3) is 22.3 Å². The van der Waals surface area contributed by atoms with Gasteiger partial charge in [0.05, 0.1) is 41.3 Å². The van der Waals surface area contributed by atoms with Gasteiger partial charge in [-0.15, -0.1) is 0 Å². The summed E-state index contributed by atoms with van der Waals surface area (Å²) >= 11 is 0. The molecule has 0 bridgehead atoms. The lowest BCUT2D eigenvalue weighted by Crippen LogP contribution is -2.54. The lowest BCUT2D eigenvalue weighted by molar-refractivity contribution is -0.175. The van der Waals surface area contributed by atoms with E-state index in [4.69, 9.17) is 35.2 Å². The molecule has 2 aromatic carbocycles. The highest BCUT2D eigenvalue weighted by Crippen LogP contribution is 2.42. The molecular weight excluding hydrogens is 835 g/mol. The minimum Gasteiger partial charge on any atom is -0.457 e. The van der Waals surface area contributed by atoms with E-state index in [0.29, 0.717) is 41.1 Å². The molecule has 0 spiro atoms. The first-order valence-corrected chi connectivity index (χ1v) is 21.8. The van der Waals surface area contributed by atoms with Crippen LogP contribution < -0.4 is 32.6 Å². The van der Waals surface area contributed by atoms with E-state index >= 15 is 0 Å². The van der Waals surface area contributed by atoms with Crippen LogP contribution in [0.1, 0.15) is 102 Å². The Balaban J connectivity index is 1.17. The molecule has 0 unspecified atom stereocenters. The lowest BCUT2D eigenvalue weighted by Gasteiger charge is -2.35. The fourth-order valence-corrected chi connectivity index (χ4v) is 7.82. The quantitative estimate of drug-likeness (QED) is 0.0228. The minimum absolute atomic E-state index is 0.0374. The van der Waals surface area contributed by atoms with Crippen LogP contribution in [0.2, 0.25) is 0 Å². The molecule has 18 nitrogen and oxygen atoms in total. The Morgan fingerprint density at radius 3 is 2.43 bits per heavy atom. The number of esters is 1. The number of amides is 2. The maximum atomic E-state index is 14.2. The highest BCUT2D eigenvalue weighted by atomic mass is 16.7. The summed E-state index contributed by atoms with van der Waals surface area (Å²) < 4.78 is 18.4. The van der Waals surface area contributed by atoms with Gasteiger partial charge >= 0.3 is 12.1 Å². The van der Waals surface area contributed by atoms with Gasteiger partial charge in [-0.3, -0.25) is 19.8 Å². The molecule has 0 fully saturated rings. The van der Waals surface area contributed by atoms with Crippen LogP contribution in [0.4, 0.5) is 10.5 Å². The first-order chi connectivity index (χ1) is 30.8. The number of ether oxygens (including phenoxy) is 3. The van der Waals surface area contributed by atoms with Gasteiger partial charge in [-0.25, -0.2) is 14.6 Å². The molecular formula is C47H59N9O9. The van der Waals surface area contributed by atoms with Crippen LogP contribution in [0.3, 0.4) is 0 Å². The number of aromatic nitrogens is 2. The summed E-state index contributed by atoms with van der Waals surface area (Å²) in [6.07, 6.45) is 1.12. The van der Waals surface area contributed by atoms with Crippen LogP contribution in [-0.4, -0.2) is 75.9 Å². The van der Waals surface area contributed by atoms with Crippen molar-refractivity contribution in [3.8, 4) is 11.4 Å². The summed E-state index contributed by atoms with van der Waals surface area (Å²) in [7, 11) is 0. The summed E-state index contributed by atoms with van der Waals surface area (Å²) in [6, 6.07) is 14.4. The molecule has 0 saturated carbocycles. The van der Waals surface area contributed by atoms with Crippen LogP contribution >= 0.6 is 0 Å². The smallest absolute Gasteiger partial charge is 0.457 e. The number of pyridine rings is 2. The van der Waals surface area contributed by atoms with Gasteiger partial charge in [-0.1, -0.05) is 70.1 Å². The van der Waals surface area contributed by atoms with Gasteiger partial charge in [0.1, 0.15) is 24.9 Å². The zero-order chi connectivity index (χ0) is 47.2. The average molecular weight is 894 g/mol. The number of fused-ring (bicyclic) bond motifs is 5. The molecule has 6 rings (SSSR count). The molecule has 4 heterocycles. The number of hydrogen-bond donors (Lipinski definition) is 6. The number of benzene rings is 2. The Labute approximate surface area is 377 Å². The van der Waals surface area contributed by atoms with Crippen LogP contribution in [0.5, 0.6) is 0 Å². The fraction of sp³-hybridized carbons (Fsp3) is 0.447. The number of rotatable bonds is 17. The van der Waals surface area contributed by atoms with E-state index in [0.717, 1.165) is 16.5 Å². The third-order valence-electron chi connectivity index (χ3n) is 11.0. The molecule has 2 aromatic heterocycles. The maximum Gasteiger partial charge on any atom is 0.510 e. The highest BCUT2D eigenvalue weighted by molar-refractivity contribution is 6.02. The van der Waals surface area contributed by atoms with Crippen molar-refractivity contribution in [2.45, 2.75) is 124 Å². The molecule has 0 radical (unpaired) electrons. The van der Waals surface area contributed by atoms with Crippen molar-refractivity contribution in [3.63, 3.8) is 0 Å². The summed E-state index contributed by atoms with van der Waals surface area (Å²) in [5, 5.41) is 24.2. The number of oxime groups is 1. The van der Waals surface area contributed by atoms with Crippen molar-refractivity contribution in [3.05, 3.63) is 92.8 Å². The van der Waals surface area contributed by atoms with E-state index < -0.39 is 46.9 Å². The number of anilines is 1. The zero-order valence-corrected chi connectivity index (χ0v) is 38.1. The number of para-hydroxylation sites is 1. The van der Waals surface area contributed by atoms with Crippen LogP contribution in [0, 0.1) is 11.3 Å². The molecule has 2 aliphatic rings. The highest BCUT2D eigenvalue weighted by Gasteiger charge is 2.51. The monoisotopic (exact) mass is 893 g/mol. The van der Waals surface area contributed by atoms with Crippen molar-refractivity contribution in [1.29, 1.82) is 5.41 Å². The number of hydrogen-bond acceptors (Lipinski definition) is 13. The number of nitrogens with two attached hydrogens (primary N) is 1. The zero-order valence-electron chi connectivity index (χ0n) is 38.1. The summed E-state index contributed by atoms with van der Waals surface area (Å²) in [5.41, 5.74) is 6.90. The second kappa shape index (κ2) is 19.9. The standard InChI is InChI=1S/C47H59N9O9/c1-9-47(34-21-37-39-32(23-56(37)42(59)33(34)25-62-43(47)60)31(22-51-65-46(6,7)8)30-13-10-11-14-35(30)54-39)64-45(61)63-24-28-16-18-29(19-17-28)53-40(57)36(15-12-20-50-44(48)49)55-41(58)38(26(2)3)52-27(4)5/h10-11,13-14,16-19,21-22,26-27,36,38,52H,9,12,15,20,23-25H2,1-8H3,(H,53,57)(H,55,58)(H4,48,49,50)/b51-22+/t36-,38-,47-/m0/s1. The Kier molecular flexibility index (Phi) is 14.6. The number of nitrogens with one attached hydrogen (secondary N) is 5. The van der Waals surface area contributed by atoms with Crippen LogP contribution in [-0.2, 0) is 58.8 Å². The van der Waals surface area contributed by atoms with Gasteiger partial charge in [0, 0.05) is 40.4 Å². The molecule has 3 atom stereocenters. The Bertz CT molecular complexity index is 2550. The van der Waals surface area contributed by atoms with Crippen molar-refractivity contribution in [2.24, 2.45) is 16.8 Å². The van der Waals surface area contributed by atoms with E-state index in [1.807, 2.05) is 72.7 Å². The van der Waals surface area contributed by atoms with E-state index in [1.165, 1.54) is 0 Å². The predicted octanol–water partition coefficient (Wildman–Crippen LogP) is 5.30. The Morgan fingerprint density at radius 1 is 1.05 bits per heavy atom. The minimum atomic E-state index is -1.99. The summed E-state index contributed by atoms with van der Waals surface area (Å²) in [5.74, 6) is -1.82. The molecule has 18 heteroatoms. The van der Waals surface area contributed by atoms with Crippen molar-refractivity contribution in [1.82, 2.24) is 25.5 Å². The van der Waals surface area contributed by atoms with Crippen molar-refractivity contribution < 1.29 is 38.2 Å². The Hall–Kier alpha value is -6.82. The second-order valence-electron chi connectivity index (χ2n) is 17.8. The topological polar surface area (TPSA) is 250 Å². The number of carbonyl (C=O) groups is 4. The third-order valence-corrected chi connectivity index (χ3v) is 11.0. The second-order valence-corrected chi connectivity index (χ2v) is 17.8. The first kappa shape index (κ1) is 47.7. The molecule has 2 aliphatic heterocycles. The third kappa shape index (κ3) is 10.9. The molecule has 7 N–H and O–H groups in total. The SMILES string of the molecule is CC[C@@]1(OC(=O)OCc2ccc(NC(=O)[C@H](CCCNC(=N)N)NC(=O)[C@@H](NC(C)C)C(C)C)cc2)C(=O)OCc2c1cc1n(c2=O)Cc2c-1nc1ccccc1c2/C=N/OC(C)(C)C. The van der Waals surface area contributed by atoms with Crippen molar-refractivity contribution >= 4 is 52.7 Å². The molecule has 4 aromatic rings. The van der Waals surface area contributed by atoms with Gasteiger partial charge in [0.15, 0.2) is 5.96 Å². The fourth-order valence-electron chi connectivity index (χ4n) is 7.82. The number of nitrogens with zero attached hydrogens (tertiary/aromatic N) is 3. The average Bonchev–Trinajstić information content (AvgIpc) is 3.62. The first-order valence-electron chi connectivity index (χ1n) is 21.8. The van der Waals surface area contributed by atoms with Gasteiger partial charge in [0.2, 0.25) is 17.4 Å².